The molecule has 0 aromatic heterocycles. The molecule has 3 rings (SSSR count). The van der Waals surface area contributed by atoms with Crippen molar-refractivity contribution >= 4 is 47.5 Å². The first-order chi connectivity index (χ1) is 13.7. The molecule has 3 heterocycles. The summed E-state index contributed by atoms with van der Waals surface area (Å²) in [5.74, 6) is -0.603. The number of hydrogen-bond donors (Lipinski definition) is 5. The normalized spacial score (nSPS) is 30.5. The topological polar surface area (TPSA) is 252 Å². The van der Waals surface area contributed by atoms with E-state index in [0.29, 0.717) is 12.8 Å². The summed E-state index contributed by atoms with van der Waals surface area (Å²) < 4.78 is 51.0. The van der Waals surface area contributed by atoms with Crippen molar-refractivity contribution in [2.24, 2.45) is 20.7 Å². The Morgan fingerprint density at radius 1 is 1.13 bits per heavy atom. The third-order valence-corrected chi connectivity index (χ3v) is 7.57. The zero-order valence-corrected chi connectivity index (χ0v) is 17.4. The van der Waals surface area contributed by atoms with Gasteiger partial charge >= 0.3 is 23.5 Å². The second-order valence-corrected chi connectivity index (χ2v) is 10.4. The Hall–Kier alpha value is -1.35. The van der Waals surface area contributed by atoms with Crippen molar-refractivity contribution in [1.82, 2.24) is 4.90 Å². The summed E-state index contributed by atoms with van der Waals surface area (Å²) >= 11 is 0. The van der Waals surface area contributed by atoms with Crippen LogP contribution in [0.15, 0.2) is 15.0 Å². The average molecular weight is 491 g/mol. The number of fused-ring (bicyclic) bond motifs is 1. The van der Waals surface area contributed by atoms with Crippen molar-refractivity contribution < 1.29 is 55.9 Å². The number of nitrogens with zero attached hydrogens (tertiary/aromatic N) is 4. The van der Waals surface area contributed by atoms with E-state index in [4.69, 9.17) is 25.2 Å². The number of nitrogens with two attached hydrogens (primary N) is 1. The van der Waals surface area contributed by atoms with Crippen LogP contribution in [0.1, 0.15) is 12.8 Å². The minimum absolute atomic E-state index is 0.214. The van der Waals surface area contributed by atoms with E-state index < -0.39 is 54.4 Å². The molecule has 17 nitrogen and oxygen atoms in total. The molecule has 0 aromatic rings. The van der Waals surface area contributed by atoms with Crippen molar-refractivity contribution in [2.75, 3.05) is 6.61 Å². The lowest BCUT2D eigenvalue weighted by atomic mass is 10.2. The van der Waals surface area contributed by atoms with Crippen LogP contribution in [0.4, 0.5) is 0 Å². The van der Waals surface area contributed by atoms with E-state index in [2.05, 4.69) is 28.1 Å². The molecule has 3 aliphatic heterocycles. The molecular formula is C10H16N5O12P3. The van der Waals surface area contributed by atoms with Gasteiger partial charge in [-0.05, 0) is 12.8 Å². The highest BCUT2D eigenvalue weighted by Crippen LogP contribution is 2.66. The summed E-state index contributed by atoms with van der Waals surface area (Å²) in [7, 11) is -16.3. The van der Waals surface area contributed by atoms with Gasteiger partial charge in [0.1, 0.15) is 6.23 Å². The lowest BCUT2D eigenvalue weighted by Gasteiger charge is -2.25. The van der Waals surface area contributed by atoms with Crippen LogP contribution in [0.3, 0.4) is 0 Å². The summed E-state index contributed by atoms with van der Waals surface area (Å²) in [6.45, 7) is -0.580. The molecule has 1 saturated heterocycles. The molecule has 0 bridgehead atoms. The van der Waals surface area contributed by atoms with Gasteiger partial charge in [-0.15, -0.1) is 0 Å². The van der Waals surface area contributed by atoms with Gasteiger partial charge in [0.2, 0.25) is 5.96 Å². The minimum atomic E-state index is -5.59. The van der Waals surface area contributed by atoms with Crippen LogP contribution in [0, 0.1) is 0 Å². The van der Waals surface area contributed by atoms with Crippen molar-refractivity contribution in [2.45, 2.75) is 31.2 Å². The molecule has 20 heteroatoms. The zero-order chi connectivity index (χ0) is 22.3. The first-order valence-electron chi connectivity index (χ1n) is 7.97. The third kappa shape index (κ3) is 5.87. The molecule has 168 valence electrons. The van der Waals surface area contributed by atoms with Gasteiger partial charge in [0.15, 0.2) is 11.9 Å². The Kier molecular flexibility index (Phi) is 6.45. The lowest BCUT2D eigenvalue weighted by molar-refractivity contribution is -0.117. The van der Waals surface area contributed by atoms with Gasteiger partial charge in [0.05, 0.1) is 19.0 Å². The van der Waals surface area contributed by atoms with Crippen LogP contribution in [-0.4, -0.2) is 73.5 Å². The third-order valence-electron chi connectivity index (χ3n) is 3.77. The molecule has 3 aliphatic rings. The highest BCUT2D eigenvalue weighted by atomic mass is 31.3. The highest BCUT2D eigenvalue weighted by molar-refractivity contribution is 7.66. The lowest BCUT2D eigenvalue weighted by Crippen LogP contribution is -2.44. The minimum Gasteiger partial charge on any atom is -0.368 e. The predicted molar refractivity (Wildman–Crippen MR) is 95.9 cm³/mol. The summed E-state index contributed by atoms with van der Waals surface area (Å²) in [6, 6.07) is -0.935. The fourth-order valence-corrected chi connectivity index (χ4v) is 5.78. The van der Waals surface area contributed by atoms with E-state index in [-0.39, 0.29) is 11.8 Å². The Bertz CT molecular complexity index is 960. The number of carbonyl (C=O) groups excluding carboxylic acids is 1. The van der Waals surface area contributed by atoms with Crippen LogP contribution < -0.4 is 5.73 Å². The van der Waals surface area contributed by atoms with E-state index in [1.807, 2.05) is 0 Å². The molecule has 0 saturated carbocycles. The molecule has 1 amide bonds. The number of phosphoric acid groups is 3. The van der Waals surface area contributed by atoms with Gasteiger partial charge < -0.3 is 30.0 Å². The fraction of sp³-hybridized carbons (Fsp3) is 0.600. The largest absolute Gasteiger partial charge is 0.490 e. The van der Waals surface area contributed by atoms with Gasteiger partial charge in [-0.1, -0.05) is 0 Å². The monoisotopic (exact) mass is 491 g/mol. The number of amides is 1. The first kappa shape index (κ1) is 23.3. The van der Waals surface area contributed by atoms with Crippen molar-refractivity contribution in [3.8, 4) is 0 Å². The van der Waals surface area contributed by atoms with Gasteiger partial charge in [0, 0.05) is 0 Å². The van der Waals surface area contributed by atoms with Crippen molar-refractivity contribution in [3.63, 3.8) is 0 Å². The number of rotatable bonds is 8. The van der Waals surface area contributed by atoms with E-state index in [1.165, 1.54) is 11.2 Å². The van der Waals surface area contributed by atoms with E-state index in [9.17, 15) is 23.4 Å². The first-order valence-corrected chi connectivity index (χ1v) is 12.5. The molecule has 5 unspecified atom stereocenters. The number of hydrogen-bond acceptors (Lipinski definition) is 12. The van der Waals surface area contributed by atoms with Crippen molar-refractivity contribution in [3.05, 3.63) is 0 Å². The van der Waals surface area contributed by atoms with E-state index in [1.54, 1.807) is 0 Å². The standard InChI is InChI=1S/C10H16N5O12P3/c11-10-13-8-7(9(16)14-10)12-4-15(8)6-2-1-5(25-6)3-24-29(20,21)27-30(22,23)26-28(17,18)19/h4-7H,1-3H2,(H,20,21)(H,22,23)(H2,11,14,16)(H2,17,18,19). The van der Waals surface area contributed by atoms with Gasteiger partial charge in [0.25, 0.3) is 5.91 Å². The van der Waals surface area contributed by atoms with Gasteiger partial charge in [-0.25, -0.2) is 13.7 Å². The van der Waals surface area contributed by atoms with Gasteiger partial charge in [-0.2, -0.15) is 18.6 Å². The Labute approximate surface area is 167 Å². The second kappa shape index (κ2) is 8.30. The number of aliphatic imine (C=N–C) groups is 3. The summed E-state index contributed by atoms with van der Waals surface area (Å²) in [5.41, 5.74) is 5.48. The molecule has 5 atom stereocenters. The summed E-state index contributed by atoms with van der Waals surface area (Å²) in [4.78, 5) is 60.3. The summed E-state index contributed by atoms with van der Waals surface area (Å²) in [5, 5.41) is 0. The highest BCUT2D eigenvalue weighted by Gasteiger charge is 2.43. The molecule has 6 N–H and O–H groups in total. The summed E-state index contributed by atoms with van der Waals surface area (Å²) in [6.07, 6.45) is 0.558. The van der Waals surface area contributed by atoms with Crippen LogP contribution in [-0.2, 0) is 36.4 Å². The Morgan fingerprint density at radius 2 is 1.83 bits per heavy atom. The number of phosphoric ester groups is 1. The zero-order valence-electron chi connectivity index (χ0n) is 14.7. The number of amidine groups is 1. The van der Waals surface area contributed by atoms with Crippen LogP contribution >= 0.6 is 23.5 Å². The van der Waals surface area contributed by atoms with Crippen LogP contribution in [0.25, 0.3) is 0 Å². The van der Waals surface area contributed by atoms with E-state index >= 15 is 0 Å². The molecule has 0 radical (unpaired) electrons. The smallest absolute Gasteiger partial charge is 0.368 e. The Morgan fingerprint density at radius 3 is 2.50 bits per heavy atom. The second-order valence-electron chi connectivity index (χ2n) is 6.03. The maximum atomic E-state index is 11.8. The molecule has 0 aromatic carbocycles. The van der Waals surface area contributed by atoms with Crippen LogP contribution in [0.2, 0.25) is 0 Å². The van der Waals surface area contributed by atoms with Crippen LogP contribution in [0.5, 0.6) is 0 Å². The molecule has 0 spiro atoms. The molecule has 0 aliphatic carbocycles. The maximum absolute atomic E-state index is 11.8. The average Bonchev–Trinajstić information content (AvgIpc) is 3.15. The Balaban J connectivity index is 1.54. The number of ether oxygens (including phenoxy) is 1. The van der Waals surface area contributed by atoms with Gasteiger partial charge in [-0.3, -0.25) is 19.2 Å². The van der Waals surface area contributed by atoms with Crippen molar-refractivity contribution in [1.29, 1.82) is 0 Å². The quantitative estimate of drug-likeness (QED) is 0.250. The molecular weight excluding hydrogens is 475 g/mol. The molecule has 30 heavy (non-hydrogen) atoms. The van der Waals surface area contributed by atoms with E-state index in [0.717, 1.165) is 0 Å². The number of guanidine groups is 1. The SMILES string of the molecule is NC1=NC(=O)C2N=CN(C3CCC(COP(=O)(O)OP(=O)(O)OP(=O)(O)O)O3)C2=N1. The molecule has 1 fully saturated rings. The fourth-order valence-electron chi connectivity index (χ4n) is 2.73. The number of carbonyl (C=O) groups is 1. The maximum Gasteiger partial charge on any atom is 0.490 e. The predicted octanol–water partition coefficient (Wildman–Crippen LogP) is -1.20.